The Labute approximate surface area is 131 Å². The van der Waals surface area contributed by atoms with Crippen molar-refractivity contribution in [2.45, 2.75) is 26.4 Å². The fraction of sp³-hybridized carbons (Fsp3) is 0.357. The number of hydrogen-bond acceptors (Lipinski definition) is 4. The molecule has 7 heteroatoms. The van der Waals surface area contributed by atoms with Crippen LogP contribution in [0.4, 0.5) is 4.79 Å². The normalized spacial score (nSPS) is 11.4. The van der Waals surface area contributed by atoms with E-state index in [-0.39, 0.29) is 6.42 Å². The molecule has 0 aliphatic heterocycles. The van der Waals surface area contributed by atoms with Gasteiger partial charge in [-0.15, -0.1) is 0 Å². The lowest BCUT2D eigenvalue weighted by Crippen LogP contribution is -2.44. The van der Waals surface area contributed by atoms with Crippen LogP contribution in [0.3, 0.4) is 0 Å². The number of benzene rings is 1. The summed E-state index contributed by atoms with van der Waals surface area (Å²) in [6.07, 6.45) is -0.970. The van der Waals surface area contributed by atoms with Crippen molar-refractivity contribution in [3.63, 3.8) is 0 Å². The fourth-order valence-corrected chi connectivity index (χ4v) is 1.74. The first-order chi connectivity index (χ1) is 9.92. The molecule has 114 valence electrons. The van der Waals surface area contributed by atoms with E-state index < -0.39 is 24.0 Å². The van der Waals surface area contributed by atoms with Crippen molar-refractivity contribution in [2.24, 2.45) is 0 Å². The second-order valence-corrected chi connectivity index (χ2v) is 5.20. The molecule has 6 nitrogen and oxygen atoms in total. The average Bonchev–Trinajstić information content (AvgIpc) is 2.41. The molecule has 0 aromatic heterocycles. The van der Waals surface area contributed by atoms with Crippen molar-refractivity contribution in [1.82, 2.24) is 10.6 Å². The highest BCUT2D eigenvalue weighted by Crippen LogP contribution is 2.11. The summed E-state index contributed by atoms with van der Waals surface area (Å²) in [5, 5.41) is 4.50. The third kappa shape index (κ3) is 6.40. The first kappa shape index (κ1) is 17.2. The fourth-order valence-electron chi connectivity index (χ4n) is 1.48. The van der Waals surface area contributed by atoms with Crippen LogP contribution in [-0.4, -0.2) is 30.6 Å². The van der Waals surface area contributed by atoms with Crippen LogP contribution in [0.15, 0.2) is 28.7 Å². The molecule has 1 aromatic rings. The maximum atomic E-state index is 11.7. The van der Waals surface area contributed by atoms with Crippen LogP contribution in [0.25, 0.3) is 0 Å². The predicted molar refractivity (Wildman–Crippen MR) is 80.6 cm³/mol. The van der Waals surface area contributed by atoms with Gasteiger partial charge in [0.05, 0.1) is 6.42 Å². The maximum absolute atomic E-state index is 11.7. The van der Waals surface area contributed by atoms with Crippen molar-refractivity contribution >= 4 is 33.8 Å². The van der Waals surface area contributed by atoms with Gasteiger partial charge >= 0.3 is 12.0 Å². The van der Waals surface area contributed by atoms with Crippen molar-refractivity contribution in [1.29, 1.82) is 0 Å². The van der Waals surface area contributed by atoms with E-state index in [0.29, 0.717) is 6.54 Å². The van der Waals surface area contributed by atoms with Crippen molar-refractivity contribution < 1.29 is 19.1 Å². The zero-order valence-corrected chi connectivity index (χ0v) is 13.4. The second-order valence-electron chi connectivity index (χ2n) is 4.28. The first-order valence-electron chi connectivity index (χ1n) is 6.45. The van der Waals surface area contributed by atoms with Crippen molar-refractivity contribution in [2.75, 3.05) is 6.54 Å². The molecule has 1 unspecified atom stereocenters. The standard InChI is InChI=1S/C14H17BrN2O4/c1-3-16-14(20)17-13(19)9(2)21-12(18)8-10-4-6-11(15)7-5-10/h4-7,9H,3,8H2,1-2H3,(H2,16,17,19,20). The number of halogens is 1. The van der Waals surface area contributed by atoms with E-state index in [4.69, 9.17) is 4.74 Å². The van der Waals surface area contributed by atoms with Crippen LogP contribution in [0.1, 0.15) is 19.4 Å². The number of imide groups is 1. The highest BCUT2D eigenvalue weighted by Gasteiger charge is 2.19. The van der Waals surface area contributed by atoms with Gasteiger partial charge in [-0.25, -0.2) is 4.79 Å². The Bertz CT molecular complexity index is 516. The highest BCUT2D eigenvalue weighted by molar-refractivity contribution is 9.10. The van der Waals surface area contributed by atoms with E-state index in [1.807, 2.05) is 12.1 Å². The zero-order chi connectivity index (χ0) is 15.8. The summed E-state index contributed by atoms with van der Waals surface area (Å²) in [6.45, 7) is 3.54. The van der Waals surface area contributed by atoms with Gasteiger partial charge in [0.15, 0.2) is 6.10 Å². The minimum Gasteiger partial charge on any atom is -0.452 e. The zero-order valence-electron chi connectivity index (χ0n) is 11.8. The number of hydrogen-bond donors (Lipinski definition) is 2. The monoisotopic (exact) mass is 356 g/mol. The molecule has 21 heavy (non-hydrogen) atoms. The molecule has 0 radical (unpaired) electrons. The number of urea groups is 1. The number of carbonyl (C=O) groups is 3. The molecule has 0 saturated heterocycles. The Morgan fingerprint density at radius 3 is 2.43 bits per heavy atom. The van der Waals surface area contributed by atoms with E-state index in [1.54, 1.807) is 19.1 Å². The predicted octanol–water partition coefficient (Wildman–Crippen LogP) is 1.77. The number of ether oxygens (including phenoxy) is 1. The lowest BCUT2D eigenvalue weighted by molar-refractivity contribution is -0.153. The lowest BCUT2D eigenvalue weighted by atomic mass is 10.1. The Kier molecular flexibility index (Phi) is 6.87. The van der Waals surface area contributed by atoms with Gasteiger partial charge in [0.25, 0.3) is 5.91 Å². The Morgan fingerprint density at radius 1 is 1.24 bits per heavy atom. The van der Waals surface area contributed by atoms with E-state index >= 15 is 0 Å². The second kappa shape index (κ2) is 8.41. The van der Waals surface area contributed by atoms with E-state index in [9.17, 15) is 14.4 Å². The van der Waals surface area contributed by atoms with Gasteiger partial charge in [-0.2, -0.15) is 0 Å². The smallest absolute Gasteiger partial charge is 0.321 e. The molecule has 2 N–H and O–H groups in total. The quantitative estimate of drug-likeness (QED) is 0.787. The molecular formula is C14H17BrN2O4. The molecule has 1 aromatic carbocycles. The molecule has 0 heterocycles. The number of amides is 3. The topological polar surface area (TPSA) is 84.5 Å². The molecule has 0 bridgehead atoms. The maximum Gasteiger partial charge on any atom is 0.321 e. The van der Waals surface area contributed by atoms with Crippen molar-refractivity contribution in [3.8, 4) is 0 Å². The average molecular weight is 357 g/mol. The van der Waals surface area contributed by atoms with Gasteiger partial charge in [-0.05, 0) is 31.5 Å². The molecule has 0 aliphatic rings. The molecule has 0 saturated carbocycles. The SMILES string of the molecule is CCNC(=O)NC(=O)C(C)OC(=O)Cc1ccc(Br)cc1. The summed E-state index contributed by atoms with van der Waals surface area (Å²) in [5.41, 5.74) is 0.777. The molecular weight excluding hydrogens is 340 g/mol. The highest BCUT2D eigenvalue weighted by atomic mass is 79.9. The summed E-state index contributed by atoms with van der Waals surface area (Å²) in [6, 6.07) is 6.58. The molecule has 1 rings (SSSR count). The van der Waals surface area contributed by atoms with Crippen LogP contribution in [-0.2, 0) is 20.7 Å². The van der Waals surface area contributed by atoms with Crippen LogP contribution < -0.4 is 10.6 Å². The van der Waals surface area contributed by atoms with E-state index in [1.165, 1.54) is 6.92 Å². The number of nitrogens with one attached hydrogen (secondary N) is 2. The van der Waals surface area contributed by atoms with Gasteiger partial charge in [-0.1, -0.05) is 28.1 Å². The summed E-state index contributed by atoms with van der Waals surface area (Å²) >= 11 is 3.30. The van der Waals surface area contributed by atoms with E-state index in [2.05, 4.69) is 26.6 Å². The number of esters is 1. The van der Waals surface area contributed by atoms with Crippen molar-refractivity contribution in [3.05, 3.63) is 34.3 Å². The number of rotatable bonds is 5. The minimum absolute atomic E-state index is 0.0616. The summed E-state index contributed by atoms with van der Waals surface area (Å²) in [7, 11) is 0. The van der Waals surface area contributed by atoms with Crippen LogP contribution >= 0.6 is 15.9 Å². The largest absolute Gasteiger partial charge is 0.452 e. The lowest BCUT2D eigenvalue weighted by Gasteiger charge is -2.13. The summed E-state index contributed by atoms with van der Waals surface area (Å²) in [5.74, 6) is -1.19. The van der Waals surface area contributed by atoms with E-state index in [0.717, 1.165) is 10.0 Å². The Hall–Kier alpha value is -1.89. The molecule has 0 spiro atoms. The Balaban J connectivity index is 2.44. The van der Waals surface area contributed by atoms with Gasteiger partial charge in [-0.3, -0.25) is 14.9 Å². The minimum atomic E-state index is -1.03. The summed E-state index contributed by atoms with van der Waals surface area (Å²) < 4.78 is 5.89. The Morgan fingerprint density at radius 2 is 1.86 bits per heavy atom. The van der Waals surface area contributed by atoms with Gasteiger partial charge in [0.1, 0.15) is 0 Å². The van der Waals surface area contributed by atoms with Gasteiger partial charge in [0.2, 0.25) is 0 Å². The molecule has 1 atom stereocenters. The first-order valence-corrected chi connectivity index (χ1v) is 7.24. The third-order valence-electron chi connectivity index (χ3n) is 2.51. The van der Waals surface area contributed by atoms with Crippen LogP contribution in [0.5, 0.6) is 0 Å². The van der Waals surface area contributed by atoms with Crippen LogP contribution in [0, 0.1) is 0 Å². The molecule has 3 amide bonds. The molecule has 0 fully saturated rings. The van der Waals surface area contributed by atoms with Gasteiger partial charge < -0.3 is 10.1 Å². The number of carbonyl (C=O) groups excluding carboxylic acids is 3. The summed E-state index contributed by atoms with van der Waals surface area (Å²) in [4.78, 5) is 34.5. The van der Waals surface area contributed by atoms with Gasteiger partial charge in [0, 0.05) is 11.0 Å². The molecule has 0 aliphatic carbocycles. The third-order valence-corrected chi connectivity index (χ3v) is 3.04. The van der Waals surface area contributed by atoms with Crippen LogP contribution in [0.2, 0.25) is 0 Å².